The van der Waals surface area contributed by atoms with Crippen LogP contribution >= 0.6 is 15.2 Å². The second kappa shape index (κ2) is 11.1. The maximum atomic E-state index is 11.6. The number of hydrogen-bond acceptors (Lipinski definition) is 4. The van der Waals surface area contributed by atoms with Gasteiger partial charge in [-0.15, -0.1) is 5.60 Å². The first kappa shape index (κ1) is 33.5. The van der Waals surface area contributed by atoms with Crippen LogP contribution in [0.1, 0.15) is 79.0 Å². The number of benzene rings is 1. The Labute approximate surface area is 208 Å². The van der Waals surface area contributed by atoms with Crippen molar-refractivity contribution in [3.8, 4) is 5.75 Å². The molecule has 176 valence electrons. The summed E-state index contributed by atoms with van der Waals surface area (Å²) in [5, 5.41) is 18.6. The van der Waals surface area contributed by atoms with Crippen molar-refractivity contribution in [1.82, 2.24) is 0 Å². The van der Waals surface area contributed by atoms with Crippen molar-refractivity contribution < 1.29 is 68.5 Å². The predicted octanol–water partition coefficient (Wildman–Crippen LogP) is 0.360. The summed E-state index contributed by atoms with van der Waals surface area (Å²) in [6.07, 6.45) is -0.485. The van der Waals surface area contributed by atoms with E-state index >= 15 is 0 Å². The van der Waals surface area contributed by atoms with E-state index < -0.39 is 43.4 Å². The van der Waals surface area contributed by atoms with Gasteiger partial charge in [-0.2, -0.15) is 0 Å². The van der Waals surface area contributed by atoms with Crippen LogP contribution in [0.15, 0.2) is 12.1 Å². The van der Waals surface area contributed by atoms with E-state index in [9.17, 15) is 38.9 Å². The molecular formula is C20H37NaO8P2. The summed E-state index contributed by atoms with van der Waals surface area (Å²) in [5.41, 5.74) is -0.181. The number of hydrogen-bond donors (Lipinski definition) is 5. The van der Waals surface area contributed by atoms with Gasteiger partial charge in [0.15, 0.2) is 5.40 Å². The van der Waals surface area contributed by atoms with Crippen molar-refractivity contribution in [2.45, 2.75) is 90.6 Å². The van der Waals surface area contributed by atoms with Crippen LogP contribution in [-0.2, 0) is 26.4 Å². The first-order chi connectivity index (χ1) is 12.8. The average Bonchev–Trinajstić information content (AvgIpc) is 2.38. The van der Waals surface area contributed by atoms with Gasteiger partial charge in [0.1, 0.15) is 5.75 Å². The first-order valence-electron chi connectivity index (χ1n) is 9.53. The SMILES string of the molecule is CC(C)(C)[O-].CC(C)(C)c1cc(CC(P(=O)(O)O)P(=O)(O)O)cc(C(C)(C)C)c1O.[Na+]. The Morgan fingerprint density at radius 2 is 1.06 bits per heavy atom. The maximum absolute atomic E-state index is 11.6. The third kappa shape index (κ3) is 12.4. The standard InChI is InChI=1S/C16H28O7P2.C4H9O.Na/c1-15(2,3)11-7-10(8-12(14(11)17)16(4,5)6)9-13(24(18,19)20)25(21,22)23;1-4(2,3)5;/h7-8,13,17H,9H2,1-6H3,(H2,18,19,20)(H2,21,22,23);1-3H3;/q;-1;+1. The molecule has 0 aliphatic rings. The van der Waals surface area contributed by atoms with E-state index in [0.717, 1.165) is 0 Å². The number of aromatic hydroxyl groups is 1. The van der Waals surface area contributed by atoms with Crippen molar-refractivity contribution in [2.24, 2.45) is 0 Å². The zero-order valence-corrected chi connectivity index (χ0v) is 24.1. The van der Waals surface area contributed by atoms with Gasteiger partial charge in [0.25, 0.3) is 0 Å². The van der Waals surface area contributed by atoms with Crippen LogP contribution in [0.4, 0.5) is 0 Å². The molecule has 31 heavy (non-hydrogen) atoms. The van der Waals surface area contributed by atoms with Gasteiger partial charge >= 0.3 is 44.7 Å². The van der Waals surface area contributed by atoms with Crippen LogP contribution in [0.5, 0.6) is 5.75 Å². The normalized spacial score (nSPS) is 13.4. The molecule has 0 spiro atoms. The average molecular weight is 490 g/mol. The molecule has 0 heterocycles. The Morgan fingerprint density at radius 3 is 1.26 bits per heavy atom. The monoisotopic (exact) mass is 490 g/mol. The molecule has 0 aliphatic carbocycles. The third-order valence-corrected chi connectivity index (χ3v) is 7.70. The van der Waals surface area contributed by atoms with E-state index in [0.29, 0.717) is 16.7 Å². The van der Waals surface area contributed by atoms with Crippen molar-refractivity contribution in [3.63, 3.8) is 0 Å². The number of phenolic OH excluding ortho intramolecular Hbond substituents is 1. The Bertz CT molecular complexity index is 760. The van der Waals surface area contributed by atoms with Gasteiger partial charge in [-0.1, -0.05) is 74.4 Å². The van der Waals surface area contributed by atoms with Crippen molar-refractivity contribution in [1.29, 1.82) is 0 Å². The van der Waals surface area contributed by atoms with Crippen LogP contribution in [0.3, 0.4) is 0 Å². The number of rotatable bonds is 4. The minimum atomic E-state index is -5.01. The van der Waals surface area contributed by atoms with Crippen LogP contribution in [0.2, 0.25) is 0 Å². The summed E-state index contributed by atoms with van der Waals surface area (Å²) in [6.45, 7) is 16.2. The maximum Gasteiger partial charge on any atom is 1.00 e. The molecule has 1 rings (SSSR count). The fourth-order valence-corrected chi connectivity index (χ4v) is 5.07. The van der Waals surface area contributed by atoms with Crippen molar-refractivity contribution in [2.75, 3.05) is 0 Å². The zero-order chi connectivity index (χ0) is 24.5. The van der Waals surface area contributed by atoms with Crippen LogP contribution < -0.4 is 34.7 Å². The molecular weight excluding hydrogens is 453 g/mol. The molecule has 0 fully saturated rings. The van der Waals surface area contributed by atoms with Gasteiger partial charge in [-0.3, -0.25) is 9.13 Å². The molecule has 1 aromatic rings. The van der Waals surface area contributed by atoms with Gasteiger partial charge in [-0.25, -0.2) is 0 Å². The van der Waals surface area contributed by atoms with E-state index in [1.54, 1.807) is 32.9 Å². The van der Waals surface area contributed by atoms with Gasteiger partial charge < -0.3 is 29.8 Å². The second-order valence-electron chi connectivity index (χ2n) is 10.5. The van der Waals surface area contributed by atoms with Gasteiger partial charge in [-0.05, 0) is 33.9 Å². The Balaban J connectivity index is 0. The Morgan fingerprint density at radius 1 is 0.806 bits per heavy atom. The van der Waals surface area contributed by atoms with Crippen molar-refractivity contribution >= 4 is 15.2 Å². The van der Waals surface area contributed by atoms with Crippen LogP contribution in [-0.4, -0.2) is 35.7 Å². The summed E-state index contributed by atoms with van der Waals surface area (Å²) in [5.74, 6) is 0.0904. The fourth-order valence-electron chi connectivity index (χ4n) is 2.60. The van der Waals surface area contributed by atoms with E-state index in [2.05, 4.69) is 0 Å². The first-order valence-corrected chi connectivity index (χ1v) is 12.9. The Hall–Kier alpha value is 0.280. The molecule has 11 heteroatoms. The molecule has 0 saturated carbocycles. The molecule has 0 amide bonds. The predicted molar refractivity (Wildman–Crippen MR) is 117 cm³/mol. The van der Waals surface area contributed by atoms with Gasteiger partial charge in [0.05, 0.1) is 0 Å². The molecule has 5 N–H and O–H groups in total. The molecule has 0 unspecified atom stereocenters. The molecule has 8 nitrogen and oxygen atoms in total. The zero-order valence-electron chi connectivity index (χ0n) is 20.3. The molecule has 0 aromatic heterocycles. The summed E-state index contributed by atoms with van der Waals surface area (Å²) in [6, 6.07) is 3.12. The second-order valence-corrected chi connectivity index (χ2v) is 14.5. The van der Waals surface area contributed by atoms with Gasteiger partial charge in [0, 0.05) is 0 Å². The number of phenols is 1. The quantitative estimate of drug-likeness (QED) is 0.299. The molecule has 0 saturated heterocycles. The van der Waals surface area contributed by atoms with Crippen molar-refractivity contribution in [3.05, 3.63) is 28.8 Å². The summed E-state index contributed by atoms with van der Waals surface area (Å²) in [7, 11) is -10.0. The molecule has 0 atom stereocenters. The summed E-state index contributed by atoms with van der Waals surface area (Å²) >= 11 is 0. The molecule has 0 radical (unpaired) electrons. The molecule has 0 aliphatic heterocycles. The van der Waals surface area contributed by atoms with Crippen LogP contribution in [0.25, 0.3) is 0 Å². The van der Waals surface area contributed by atoms with E-state index in [1.807, 2.05) is 41.5 Å². The van der Waals surface area contributed by atoms with E-state index in [-0.39, 0.29) is 35.3 Å². The minimum absolute atomic E-state index is 0. The molecule has 1 aromatic carbocycles. The summed E-state index contributed by atoms with van der Waals surface area (Å²) in [4.78, 5) is 37.4. The van der Waals surface area contributed by atoms with E-state index in [1.165, 1.54) is 0 Å². The van der Waals surface area contributed by atoms with E-state index in [4.69, 9.17) is 0 Å². The van der Waals surface area contributed by atoms with Crippen LogP contribution in [0, 0.1) is 0 Å². The Kier molecular flexibility index (Phi) is 12.0. The largest absolute Gasteiger partial charge is 1.00 e. The topological polar surface area (TPSA) is 158 Å². The fraction of sp³-hybridized carbons (Fsp3) is 0.700. The minimum Gasteiger partial charge on any atom is -0.850 e. The summed E-state index contributed by atoms with van der Waals surface area (Å²) < 4.78 is 23.1. The molecule has 0 bridgehead atoms. The smallest absolute Gasteiger partial charge is 0.850 e. The van der Waals surface area contributed by atoms with Gasteiger partial charge in [0.2, 0.25) is 0 Å². The third-order valence-electron chi connectivity index (χ3n) is 3.98.